The normalized spacial score (nSPS) is 12.8. The van der Waals surface area contributed by atoms with Crippen LogP contribution in [0.25, 0.3) is 10.1 Å². The Hall–Kier alpha value is -1.85. The fourth-order valence-corrected chi connectivity index (χ4v) is 3.45. The van der Waals surface area contributed by atoms with Crippen LogP contribution in [0.3, 0.4) is 0 Å². The van der Waals surface area contributed by atoms with Gasteiger partial charge in [-0.2, -0.15) is 0 Å². The van der Waals surface area contributed by atoms with E-state index in [2.05, 4.69) is 5.32 Å². The third-order valence-corrected chi connectivity index (χ3v) is 4.43. The number of fused-ring (bicyclic) bond motifs is 1. The van der Waals surface area contributed by atoms with Gasteiger partial charge in [-0.05, 0) is 47.1 Å². The van der Waals surface area contributed by atoms with E-state index in [9.17, 15) is 13.2 Å². The number of rotatable bonds is 3. The molecule has 0 aliphatic heterocycles. The van der Waals surface area contributed by atoms with Crippen LogP contribution in [0.5, 0.6) is 0 Å². The van der Waals surface area contributed by atoms with Gasteiger partial charge in [0.1, 0.15) is 0 Å². The molecule has 3 aromatic rings. The lowest BCUT2D eigenvalue weighted by atomic mass is 9.98. The van der Waals surface area contributed by atoms with E-state index in [1.165, 1.54) is 0 Å². The lowest BCUT2D eigenvalue weighted by molar-refractivity contribution is 0.443. The van der Waals surface area contributed by atoms with Crippen LogP contribution in [0.4, 0.5) is 13.2 Å². The molecule has 1 N–H and O–H groups in total. The maximum Gasteiger partial charge on any atom is 0.194 e. The molecule has 0 fully saturated rings. The van der Waals surface area contributed by atoms with Crippen molar-refractivity contribution in [3.05, 3.63) is 70.4 Å². The van der Waals surface area contributed by atoms with Gasteiger partial charge in [0.05, 0.1) is 6.04 Å². The van der Waals surface area contributed by atoms with E-state index in [1.54, 1.807) is 18.4 Å². The minimum Gasteiger partial charge on any atom is -0.309 e. The lowest BCUT2D eigenvalue weighted by Gasteiger charge is -2.17. The maximum absolute atomic E-state index is 13.5. The van der Waals surface area contributed by atoms with Gasteiger partial charge in [0, 0.05) is 4.70 Å². The molecule has 1 atom stereocenters. The molecule has 1 aromatic heterocycles. The Labute approximate surface area is 124 Å². The maximum atomic E-state index is 13.5. The summed E-state index contributed by atoms with van der Waals surface area (Å²) in [6, 6.07) is 9.47. The molecule has 21 heavy (non-hydrogen) atoms. The number of hydrogen-bond acceptors (Lipinski definition) is 2. The Morgan fingerprint density at radius 2 is 1.71 bits per heavy atom. The molecule has 5 heteroatoms. The number of nitrogens with one attached hydrogen (secondary N) is 1. The Morgan fingerprint density at radius 1 is 1.05 bits per heavy atom. The van der Waals surface area contributed by atoms with Crippen molar-refractivity contribution in [2.75, 3.05) is 7.05 Å². The molecule has 0 saturated heterocycles. The van der Waals surface area contributed by atoms with Crippen molar-refractivity contribution in [1.29, 1.82) is 0 Å². The van der Waals surface area contributed by atoms with E-state index < -0.39 is 23.5 Å². The van der Waals surface area contributed by atoms with Gasteiger partial charge >= 0.3 is 0 Å². The van der Waals surface area contributed by atoms with Crippen LogP contribution in [0.2, 0.25) is 0 Å². The van der Waals surface area contributed by atoms with Crippen molar-refractivity contribution in [1.82, 2.24) is 5.32 Å². The minimum atomic E-state index is -1.44. The van der Waals surface area contributed by atoms with Crippen LogP contribution in [0, 0.1) is 17.5 Å². The highest BCUT2D eigenvalue weighted by atomic mass is 32.1. The van der Waals surface area contributed by atoms with Crippen LogP contribution in [-0.4, -0.2) is 7.05 Å². The second kappa shape index (κ2) is 5.50. The third-order valence-electron chi connectivity index (χ3n) is 3.45. The van der Waals surface area contributed by atoms with Gasteiger partial charge in [0.15, 0.2) is 17.5 Å². The highest BCUT2D eigenvalue weighted by molar-refractivity contribution is 7.17. The van der Waals surface area contributed by atoms with Crippen LogP contribution in [-0.2, 0) is 0 Å². The minimum absolute atomic E-state index is 0.359. The summed E-state index contributed by atoms with van der Waals surface area (Å²) < 4.78 is 41.1. The van der Waals surface area contributed by atoms with Gasteiger partial charge in [0.2, 0.25) is 0 Å². The molecule has 1 unspecified atom stereocenters. The second-order valence-electron chi connectivity index (χ2n) is 4.71. The highest BCUT2D eigenvalue weighted by Crippen LogP contribution is 2.34. The van der Waals surface area contributed by atoms with Crippen LogP contribution in [0.1, 0.15) is 17.2 Å². The third kappa shape index (κ3) is 2.43. The standard InChI is InChI=1S/C16H12F3NS/c1-20-16(9-6-12(17)15(19)13(18)7-9)11-8-21-14-5-3-2-4-10(11)14/h2-8,16,20H,1H3. The molecule has 108 valence electrons. The molecule has 0 aliphatic rings. The Bertz CT molecular complexity index is 774. The molecule has 0 bridgehead atoms. The van der Waals surface area contributed by atoms with Crippen molar-refractivity contribution < 1.29 is 13.2 Å². The summed E-state index contributed by atoms with van der Waals surface area (Å²) >= 11 is 1.56. The van der Waals surface area contributed by atoms with Crippen LogP contribution >= 0.6 is 11.3 Å². The van der Waals surface area contributed by atoms with Crippen LogP contribution < -0.4 is 5.32 Å². The molecule has 2 aromatic carbocycles. The molecule has 3 rings (SSSR count). The molecule has 1 heterocycles. The Kier molecular flexibility index (Phi) is 3.69. The Morgan fingerprint density at radius 3 is 2.38 bits per heavy atom. The first-order valence-corrected chi connectivity index (χ1v) is 7.27. The monoisotopic (exact) mass is 307 g/mol. The molecule has 0 amide bonds. The smallest absolute Gasteiger partial charge is 0.194 e. The summed E-state index contributed by atoms with van der Waals surface area (Å²) in [5.74, 6) is -3.79. The zero-order valence-electron chi connectivity index (χ0n) is 11.2. The van der Waals surface area contributed by atoms with Crippen molar-refractivity contribution >= 4 is 21.4 Å². The quantitative estimate of drug-likeness (QED) is 0.696. The fourth-order valence-electron chi connectivity index (χ4n) is 2.47. The first-order chi connectivity index (χ1) is 10.1. The SMILES string of the molecule is CNC(c1cc(F)c(F)c(F)c1)c1csc2ccccc12. The number of halogens is 3. The van der Waals surface area contributed by atoms with Crippen molar-refractivity contribution in [3.8, 4) is 0 Å². The number of hydrogen-bond donors (Lipinski definition) is 1. The first-order valence-electron chi connectivity index (χ1n) is 6.39. The fraction of sp³-hybridized carbons (Fsp3) is 0.125. The number of thiophene rings is 1. The van der Waals surface area contributed by atoms with Gasteiger partial charge < -0.3 is 5.32 Å². The summed E-state index contributed by atoms with van der Waals surface area (Å²) in [6.07, 6.45) is 0. The average molecular weight is 307 g/mol. The molecule has 0 aliphatic carbocycles. The molecular weight excluding hydrogens is 295 g/mol. The van der Waals surface area contributed by atoms with Gasteiger partial charge in [-0.15, -0.1) is 11.3 Å². The summed E-state index contributed by atoms with van der Waals surface area (Å²) in [4.78, 5) is 0. The predicted molar refractivity (Wildman–Crippen MR) is 79.0 cm³/mol. The lowest BCUT2D eigenvalue weighted by Crippen LogP contribution is -2.18. The molecule has 1 nitrogen and oxygen atoms in total. The zero-order valence-corrected chi connectivity index (χ0v) is 12.0. The van der Waals surface area contributed by atoms with E-state index in [1.807, 2.05) is 29.6 Å². The topological polar surface area (TPSA) is 12.0 Å². The summed E-state index contributed by atoms with van der Waals surface area (Å²) in [5.41, 5.74) is 1.28. The molecule has 0 radical (unpaired) electrons. The van der Waals surface area contributed by atoms with E-state index in [0.717, 1.165) is 27.8 Å². The van der Waals surface area contributed by atoms with Gasteiger partial charge in [-0.3, -0.25) is 0 Å². The first kappa shape index (κ1) is 14.1. The van der Waals surface area contributed by atoms with E-state index >= 15 is 0 Å². The average Bonchev–Trinajstić information content (AvgIpc) is 2.90. The van der Waals surface area contributed by atoms with Crippen molar-refractivity contribution in [3.63, 3.8) is 0 Å². The molecule has 0 spiro atoms. The van der Waals surface area contributed by atoms with Crippen LogP contribution in [0.15, 0.2) is 41.8 Å². The van der Waals surface area contributed by atoms with Gasteiger partial charge in [-0.25, -0.2) is 13.2 Å². The second-order valence-corrected chi connectivity index (χ2v) is 5.62. The highest BCUT2D eigenvalue weighted by Gasteiger charge is 2.20. The van der Waals surface area contributed by atoms with Gasteiger partial charge in [0.25, 0.3) is 0 Å². The van der Waals surface area contributed by atoms with Gasteiger partial charge in [-0.1, -0.05) is 18.2 Å². The summed E-state index contributed by atoms with van der Waals surface area (Å²) in [5, 5.41) is 6.01. The van der Waals surface area contributed by atoms with E-state index in [4.69, 9.17) is 0 Å². The van der Waals surface area contributed by atoms with Crippen molar-refractivity contribution in [2.24, 2.45) is 0 Å². The van der Waals surface area contributed by atoms with E-state index in [-0.39, 0.29) is 0 Å². The number of benzene rings is 2. The van der Waals surface area contributed by atoms with Crippen molar-refractivity contribution in [2.45, 2.75) is 6.04 Å². The summed E-state index contributed by atoms with van der Waals surface area (Å²) in [6.45, 7) is 0. The molecule has 0 saturated carbocycles. The molecular formula is C16H12F3NS. The zero-order chi connectivity index (χ0) is 15.0. The largest absolute Gasteiger partial charge is 0.309 e. The summed E-state index contributed by atoms with van der Waals surface area (Å²) in [7, 11) is 1.70. The Balaban J connectivity index is 2.14. The predicted octanol–water partition coefficient (Wildman–Crippen LogP) is 4.63. The van der Waals surface area contributed by atoms with E-state index in [0.29, 0.717) is 5.56 Å².